The topological polar surface area (TPSA) is 77.1 Å². The number of amides is 2. The first kappa shape index (κ1) is 27.4. The molecule has 1 N–H and O–H groups in total. The standard InChI is InChI=1S/C29H40N2O5/c1-5-25(29(33)30-23-9-7-6-8-10-23)31(20-22-11-15-24(34-2)16-12-22)28(32)18-14-21-13-17-26(35-3)27(19-21)36-4/h11-13,15-17,19,23,25H,5-10,14,18,20H2,1-4H3,(H,30,33). The molecule has 2 aromatic carbocycles. The molecule has 0 saturated heterocycles. The third kappa shape index (κ3) is 7.39. The molecule has 1 aliphatic rings. The summed E-state index contributed by atoms with van der Waals surface area (Å²) in [5.74, 6) is 1.94. The Kier molecular flexibility index (Phi) is 10.5. The first-order valence-electron chi connectivity index (χ1n) is 12.9. The zero-order chi connectivity index (χ0) is 25.9. The summed E-state index contributed by atoms with van der Waals surface area (Å²) in [7, 11) is 4.82. The van der Waals surface area contributed by atoms with E-state index in [1.165, 1.54) is 6.42 Å². The number of nitrogens with zero attached hydrogens (tertiary/aromatic N) is 1. The van der Waals surface area contributed by atoms with E-state index in [0.717, 1.165) is 42.6 Å². The highest BCUT2D eigenvalue weighted by molar-refractivity contribution is 5.88. The van der Waals surface area contributed by atoms with Gasteiger partial charge >= 0.3 is 0 Å². The molecule has 1 saturated carbocycles. The third-order valence-corrected chi connectivity index (χ3v) is 6.92. The molecule has 0 spiro atoms. The van der Waals surface area contributed by atoms with Gasteiger partial charge in [0, 0.05) is 19.0 Å². The van der Waals surface area contributed by atoms with Crippen molar-refractivity contribution in [2.75, 3.05) is 21.3 Å². The molecule has 36 heavy (non-hydrogen) atoms. The average Bonchev–Trinajstić information content (AvgIpc) is 2.92. The SMILES string of the molecule is CCC(C(=O)NC1CCCCC1)N(Cc1ccc(OC)cc1)C(=O)CCc1ccc(OC)c(OC)c1. The predicted octanol–water partition coefficient (Wildman–Crippen LogP) is 4.90. The maximum absolute atomic E-state index is 13.6. The van der Waals surface area contributed by atoms with Crippen LogP contribution in [0.25, 0.3) is 0 Å². The summed E-state index contributed by atoms with van der Waals surface area (Å²) in [4.78, 5) is 28.7. The van der Waals surface area contributed by atoms with E-state index < -0.39 is 6.04 Å². The van der Waals surface area contributed by atoms with Gasteiger partial charge in [0.1, 0.15) is 11.8 Å². The number of benzene rings is 2. The summed E-state index contributed by atoms with van der Waals surface area (Å²) in [5.41, 5.74) is 1.93. The molecule has 1 atom stereocenters. The molecule has 1 aliphatic carbocycles. The first-order valence-corrected chi connectivity index (χ1v) is 12.9. The smallest absolute Gasteiger partial charge is 0.243 e. The van der Waals surface area contributed by atoms with Crippen LogP contribution in [0.3, 0.4) is 0 Å². The van der Waals surface area contributed by atoms with Crippen molar-refractivity contribution in [1.82, 2.24) is 10.2 Å². The molecule has 196 valence electrons. The minimum atomic E-state index is -0.521. The van der Waals surface area contributed by atoms with Crippen LogP contribution in [0.5, 0.6) is 17.2 Å². The van der Waals surface area contributed by atoms with E-state index in [1.807, 2.05) is 49.4 Å². The second-order valence-electron chi connectivity index (χ2n) is 9.33. The number of aryl methyl sites for hydroxylation is 1. The normalized spacial score (nSPS) is 14.6. The van der Waals surface area contributed by atoms with Gasteiger partial charge in [0.15, 0.2) is 11.5 Å². The van der Waals surface area contributed by atoms with E-state index in [4.69, 9.17) is 14.2 Å². The van der Waals surface area contributed by atoms with Gasteiger partial charge in [-0.1, -0.05) is 44.4 Å². The van der Waals surface area contributed by atoms with Crippen LogP contribution in [0.15, 0.2) is 42.5 Å². The average molecular weight is 497 g/mol. The zero-order valence-corrected chi connectivity index (χ0v) is 22.0. The van der Waals surface area contributed by atoms with Crippen LogP contribution in [0.2, 0.25) is 0 Å². The van der Waals surface area contributed by atoms with Gasteiger partial charge in [-0.2, -0.15) is 0 Å². The van der Waals surface area contributed by atoms with Gasteiger partial charge in [-0.3, -0.25) is 9.59 Å². The predicted molar refractivity (Wildman–Crippen MR) is 141 cm³/mol. The number of carbonyl (C=O) groups is 2. The minimum Gasteiger partial charge on any atom is -0.497 e. The van der Waals surface area contributed by atoms with E-state index in [9.17, 15) is 9.59 Å². The van der Waals surface area contributed by atoms with Crippen LogP contribution in [-0.4, -0.2) is 50.1 Å². The number of ether oxygens (including phenoxy) is 3. The number of methoxy groups -OCH3 is 3. The second kappa shape index (κ2) is 13.8. The van der Waals surface area contributed by atoms with E-state index in [1.54, 1.807) is 26.2 Å². The van der Waals surface area contributed by atoms with E-state index in [0.29, 0.717) is 37.3 Å². The Bertz CT molecular complexity index is 986. The van der Waals surface area contributed by atoms with Crippen LogP contribution < -0.4 is 19.5 Å². The van der Waals surface area contributed by atoms with Gasteiger partial charge in [-0.15, -0.1) is 0 Å². The molecule has 3 rings (SSSR count). The lowest BCUT2D eigenvalue weighted by Crippen LogP contribution is -2.51. The Morgan fingerprint density at radius 3 is 2.19 bits per heavy atom. The fraction of sp³-hybridized carbons (Fsp3) is 0.517. The van der Waals surface area contributed by atoms with Gasteiger partial charge < -0.3 is 24.4 Å². The molecule has 7 nitrogen and oxygen atoms in total. The van der Waals surface area contributed by atoms with Crippen molar-refractivity contribution in [3.05, 3.63) is 53.6 Å². The van der Waals surface area contributed by atoms with Gasteiger partial charge in [0.2, 0.25) is 11.8 Å². The van der Waals surface area contributed by atoms with Crippen LogP contribution in [-0.2, 0) is 22.6 Å². The summed E-state index contributed by atoms with van der Waals surface area (Å²) in [5, 5.41) is 3.23. The maximum Gasteiger partial charge on any atom is 0.243 e. The van der Waals surface area contributed by atoms with Crippen molar-refractivity contribution >= 4 is 11.8 Å². The largest absolute Gasteiger partial charge is 0.497 e. The molecule has 0 aromatic heterocycles. The molecule has 2 amide bonds. The summed E-state index contributed by atoms with van der Waals surface area (Å²) in [6.45, 7) is 2.33. The molecule has 0 aliphatic heterocycles. The number of hydrogen-bond acceptors (Lipinski definition) is 5. The molecule has 0 heterocycles. The maximum atomic E-state index is 13.6. The molecule has 1 unspecified atom stereocenters. The third-order valence-electron chi connectivity index (χ3n) is 6.92. The van der Waals surface area contributed by atoms with Gasteiger partial charge in [-0.25, -0.2) is 0 Å². The van der Waals surface area contributed by atoms with E-state index >= 15 is 0 Å². The quantitative estimate of drug-likeness (QED) is 0.452. The Morgan fingerprint density at radius 1 is 0.917 bits per heavy atom. The molecular formula is C29H40N2O5. The van der Waals surface area contributed by atoms with Crippen LogP contribution >= 0.6 is 0 Å². The van der Waals surface area contributed by atoms with Gasteiger partial charge in [0.25, 0.3) is 0 Å². The van der Waals surface area contributed by atoms with Crippen LogP contribution in [0.1, 0.15) is 63.0 Å². The lowest BCUT2D eigenvalue weighted by Gasteiger charge is -2.33. The molecule has 0 bridgehead atoms. The number of rotatable bonds is 12. The van der Waals surface area contributed by atoms with Crippen molar-refractivity contribution in [3.63, 3.8) is 0 Å². The van der Waals surface area contributed by atoms with Crippen LogP contribution in [0.4, 0.5) is 0 Å². The van der Waals surface area contributed by atoms with Gasteiger partial charge in [0.05, 0.1) is 21.3 Å². The van der Waals surface area contributed by atoms with Crippen LogP contribution in [0, 0.1) is 0 Å². The monoisotopic (exact) mass is 496 g/mol. The second-order valence-corrected chi connectivity index (χ2v) is 9.33. The molecule has 1 fully saturated rings. The highest BCUT2D eigenvalue weighted by atomic mass is 16.5. The van der Waals surface area contributed by atoms with Crippen molar-refractivity contribution in [2.45, 2.75) is 76.9 Å². The Labute approximate surface area is 215 Å². The van der Waals surface area contributed by atoms with Gasteiger partial charge in [-0.05, 0) is 61.1 Å². The summed E-state index contributed by atoms with van der Waals surface area (Å²) in [6, 6.07) is 13.0. The lowest BCUT2D eigenvalue weighted by atomic mass is 9.95. The zero-order valence-electron chi connectivity index (χ0n) is 22.0. The highest BCUT2D eigenvalue weighted by Crippen LogP contribution is 2.28. The summed E-state index contributed by atoms with van der Waals surface area (Å²) >= 11 is 0. The Hall–Kier alpha value is -3.22. The Morgan fingerprint density at radius 2 is 1.58 bits per heavy atom. The summed E-state index contributed by atoms with van der Waals surface area (Å²) < 4.78 is 16.0. The fourth-order valence-corrected chi connectivity index (χ4v) is 4.82. The first-order chi connectivity index (χ1) is 17.5. The minimum absolute atomic E-state index is 0.0498. The van der Waals surface area contributed by atoms with Crippen molar-refractivity contribution in [3.8, 4) is 17.2 Å². The van der Waals surface area contributed by atoms with Crippen molar-refractivity contribution < 1.29 is 23.8 Å². The van der Waals surface area contributed by atoms with E-state index in [-0.39, 0.29) is 17.9 Å². The molecule has 2 aromatic rings. The molecule has 7 heteroatoms. The number of carbonyl (C=O) groups excluding carboxylic acids is 2. The van der Waals surface area contributed by atoms with Crippen molar-refractivity contribution in [1.29, 1.82) is 0 Å². The molecule has 0 radical (unpaired) electrons. The van der Waals surface area contributed by atoms with Crippen molar-refractivity contribution in [2.24, 2.45) is 0 Å². The lowest BCUT2D eigenvalue weighted by molar-refractivity contribution is -0.141. The number of nitrogens with one attached hydrogen (secondary N) is 1. The summed E-state index contributed by atoms with van der Waals surface area (Å²) in [6.07, 6.45) is 6.90. The number of hydrogen-bond donors (Lipinski definition) is 1. The fourth-order valence-electron chi connectivity index (χ4n) is 4.82. The van der Waals surface area contributed by atoms with E-state index in [2.05, 4.69) is 5.32 Å². The molecular weight excluding hydrogens is 456 g/mol. The Balaban J connectivity index is 1.76. The highest BCUT2D eigenvalue weighted by Gasteiger charge is 2.30.